The van der Waals surface area contributed by atoms with Crippen LogP contribution in [0, 0.1) is 11.8 Å². The number of thioether (sulfide) groups is 1. The van der Waals surface area contributed by atoms with Gasteiger partial charge in [0.2, 0.25) is 0 Å². The van der Waals surface area contributed by atoms with E-state index in [-0.39, 0.29) is 5.12 Å². The number of ether oxygens (including phenoxy) is 2. The van der Waals surface area contributed by atoms with Crippen LogP contribution in [0.15, 0.2) is 18.2 Å². The van der Waals surface area contributed by atoms with Gasteiger partial charge in [0.25, 0.3) is 0 Å². The predicted molar refractivity (Wildman–Crippen MR) is 74.2 cm³/mol. The van der Waals surface area contributed by atoms with Crippen LogP contribution in [0.1, 0.15) is 18.9 Å². The van der Waals surface area contributed by atoms with Gasteiger partial charge in [0.15, 0.2) is 5.12 Å². The first kappa shape index (κ1) is 14.5. The van der Waals surface area contributed by atoms with Crippen LogP contribution < -0.4 is 9.47 Å². The molecule has 1 aromatic carbocycles. The van der Waals surface area contributed by atoms with Crippen LogP contribution in [0.25, 0.3) is 0 Å². The molecule has 0 heterocycles. The molecule has 0 radical (unpaired) electrons. The summed E-state index contributed by atoms with van der Waals surface area (Å²) in [6, 6.07) is 5.51. The standard InChI is InChI=1S/C14H16O3S/c1-11(15)18-7-5-4-6-12-8-13(16-2)10-14(9-12)17-3/h8-10H,5,7H2,1-3H3. The third kappa shape index (κ3) is 5.15. The minimum Gasteiger partial charge on any atom is -0.497 e. The first-order valence-electron chi connectivity index (χ1n) is 5.51. The van der Waals surface area contributed by atoms with Gasteiger partial charge in [-0.2, -0.15) is 0 Å². The van der Waals surface area contributed by atoms with Gasteiger partial charge in [-0.25, -0.2) is 0 Å². The summed E-state index contributed by atoms with van der Waals surface area (Å²) in [5.41, 5.74) is 0.846. The van der Waals surface area contributed by atoms with Crippen molar-refractivity contribution in [2.75, 3.05) is 20.0 Å². The Labute approximate surface area is 112 Å². The van der Waals surface area contributed by atoms with Gasteiger partial charge >= 0.3 is 0 Å². The van der Waals surface area contributed by atoms with Crippen molar-refractivity contribution >= 4 is 16.9 Å². The molecule has 0 saturated heterocycles. The third-order valence-corrected chi connectivity index (χ3v) is 2.93. The van der Waals surface area contributed by atoms with Crippen LogP contribution in [-0.4, -0.2) is 25.1 Å². The molecule has 0 aromatic heterocycles. The molecule has 4 heteroatoms. The molecule has 0 spiro atoms. The molecule has 0 atom stereocenters. The lowest BCUT2D eigenvalue weighted by Gasteiger charge is -2.04. The topological polar surface area (TPSA) is 35.5 Å². The molecule has 1 rings (SSSR count). The number of methoxy groups -OCH3 is 2. The number of hydrogen-bond acceptors (Lipinski definition) is 4. The molecule has 0 fully saturated rings. The Bertz CT molecular complexity index is 449. The van der Waals surface area contributed by atoms with Crippen LogP contribution in [0.2, 0.25) is 0 Å². The second-order valence-corrected chi connectivity index (χ2v) is 4.76. The fourth-order valence-electron chi connectivity index (χ4n) is 1.29. The molecular formula is C14H16O3S. The molecule has 3 nitrogen and oxygen atoms in total. The highest BCUT2D eigenvalue weighted by Gasteiger charge is 1.99. The van der Waals surface area contributed by atoms with Gasteiger partial charge in [-0.1, -0.05) is 23.6 Å². The van der Waals surface area contributed by atoms with Gasteiger partial charge < -0.3 is 9.47 Å². The zero-order valence-corrected chi connectivity index (χ0v) is 11.6. The molecule has 0 bridgehead atoms. The van der Waals surface area contributed by atoms with Crippen LogP contribution in [0.3, 0.4) is 0 Å². The maximum absolute atomic E-state index is 10.7. The highest BCUT2D eigenvalue weighted by molar-refractivity contribution is 8.13. The monoisotopic (exact) mass is 264 g/mol. The van der Waals surface area contributed by atoms with Crippen LogP contribution in [-0.2, 0) is 4.79 Å². The molecule has 0 unspecified atom stereocenters. The van der Waals surface area contributed by atoms with Crippen molar-refractivity contribution in [1.82, 2.24) is 0 Å². The molecular weight excluding hydrogens is 248 g/mol. The third-order valence-electron chi connectivity index (χ3n) is 2.12. The van der Waals surface area contributed by atoms with E-state index in [0.717, 1.165) is 22.8 Å². The summed E-state index contributed by atoms with van der Waals surface area (Å²) in [7, 11) is 3.21. The largest absolute Gasteiger partial charge is 0.497 e. The SMILES string of the molecule is COc1cc(C#CCCSC(C)=O)cc(OC)c1. The average Bonchev–Trinajstić information content (AvgIpc) is 2.37. The van der Waals surface area contributed by atoms with E-state index in [0.29, 0.717) is 6.42 Å². The Morgan fingerprint density at radius 1 is 1.22 bits per heavy atom. The zero-order valence-electron chi connectivity index (χ0n) is 10.8. The van der Waals surface area contributed by atoms with Gasteiger partial charge in [-0.15, -0.1) is 0 Å². The second kappa shape index (κ2) is 7.67. The maximum Gasteiger partial charge on any atom is 0.185 e. The van der Waals surface area contributed by atoms with Crippen molar-refractivity contribution in [3.8, 4) is 23.3 Å². The van der Waals surface area contributed by atoms with Crippen molar-refractivity contribution in [2.45, 2.75) is 13.3 Å². The molecule has 1 aromatic rings. The molecule has 0 aliphatic heterocycles. The molecule has 0 N–H and O–H groups in total. The van der Waals surface area contributed by atoms with E-state index in [1.165, 1.54) is 11.8 Å². The van der Waals surface area contributed by atoms with Crippen molar-refractivity contribution in [3.05, 3.63) is 23.8 Å². The van der Waals surface area contributed by atoms with E-state index < -0.39 is 0 Å². The quantitative estimate of drug-likeness (QED) is 0.619. The van der Waals surface area contributed by atoms with E-state index in [2.05, 4.69) is 11.8 Å². The summed E-state index contributed by atoms with van der Waals surface area (Å²) in [6.07, 6.45) is 0.684. The van der Waals surface area contributed by atoms with E-state index in [1.807, 2.05) is 12.1 Å². The fourth-order valence-corrected chi connectivity index (χ4v) is 1.78. The summed E-state index contributed by atoms with van der Waals surface area (Å²) in [6.45, 7) is 1.56. The molecule has 96 valence electrons. The Morgan fingerprint density at radius 2 is 1.83 bits per heavy atom. The van der Waals surface area contributed by atoms with Crippen molar-refractivity contribution in [1.29, 1.82) is 0 Å². The van der Waals surface area contributed by atoms with Crippen molar-refractivity contribution in [2.24, 2.45) is 0 Å². The minimum absolute atomic E-state index is 0.125. The van der Waals surface area contributed by atoms with Crippen LogP contribution in [0.4, 0.5) is 0 Å². The van der Waals surface area contributed by atoms with Crippen molar-refractivity contribution in [3.63, 3.8) is 0 Å². The summed E-state index contributed by atoms with van der Waals surface area (Å²) in [5, 5.41) is 0.125. The lowest BCUT2D eigenvalue weighted by Crippen LogP contribution is -1.88. The highest BCUT2D eigenvalue weighted by Crippen LogP contribution is 2.21. The van der Waals surface area contributed by atoms with E-state index in [4.69, 9.17) is 9.47 Å². The average molecular weight is 264 g/mol. The van der Waals surface area contributed by atoms with Crippen LogP contribution in [0.5, 0.6) is 11.5 Å². The Kier molecular flexibility index (Phi) is 6.16. The molecule has 0 amide bonds. The first-order valence-corrected chi connectivity index (χ1v) is 6.49. The Hall–Kier alpha value is -1.60. The lowest BCUT2D eigenvalue weighted by atomic mass is 10.2. The highest BCUT2D eigenvalue weighted by atomic mass is 32.2. The minimum atomic E-state index is 0.125. The summed E-state index contributed by atoms with van der Waals surface area (Å²) in [5.74, 6) is 8.22. The molecule has 0 saturated carbocycles. The lowest BCUT2D eigenvalue weighted by molar-refractivity contribution is -0.109. The molecule has 18 heavy (non-hydrogen) atoms. The normalized spacial score (nSPS) is 9.28. The second-order valence-electron chi connectivity index (χ2n) is 3.49. The summed E-state index contributed by atoms with van der Waals surface area (Å²) >= 11 is 1.29. The Balaban J connectivity index is 2.66. The number of carbonyl (C=O) groups is 1. The molecule has 0 aliphatic carbocycles. The maximum atomic E-state index is 10.7. The number of carbonyl (C=O) groups excluding carboxylic acids is 1. The Morgan fingerprint density at radius 3 is 2.33 bits per heavy atom. The number of rotatable bonds is 4. The summed E-state index contributed by atoms with van der Waals surface area (Å²) < 4.78 is 10.3. The van der Waals surface area contributed by atoms with E-state index in [1.54, 1.807) is 27.2 Å². The van der Waals surface area contributed by atoms with Gasteiger partial charge in [-0.3, -0.25) is 4.79 Å². The number of hydrogen-bond donors (Lipinski definition) is 0. The zero-order chi connectivity index (χ0) is 13.4. The van der Waals surface area contributed by atoms with Crippen molar-refractivity contribution < 1.29 is 14.3 Å². The predicted octanol–water partition coefficient (Wildman–Crippen LogP) is 2.73. The smallest absolute Gasteiger partial charge is 0.185 e. The number of benzene rings is 1. The van der Waals surface area contributed by atoms with E-state index >= 15 is 0 Å². The van der Waals surface area contributed by atoms with Gasteiger partial charge in [0.1, 0.15) is 11.5 Å². The van der Waals surface area contributed by atoms with E-state index in [9.17, 15) is 4.79 Å². The van der Waals surface area contributed by atoms with Gasteiger partial charge in [-0.05, 0) is 12.1 Å². The first-order chi connectivity index (χ1) is 8.65. The fraction of sp³-hybridized carbons (Fsp3) is 0.357. The van der Waals surface area contributed by atoms with Gasteiger partial charge in [0.05, 0.1) is 14.2 Å². The van der Waals surface area contributed by atoms with Crippen LogP contribution >= 0.6 is 11.8 Å². The molecule has 0 aliphatic rings. The van der Waals surface area contributed by atoms with Gasteiger partial charge in [0, 0.05) is 30.7 Å². The summed E-state index contributed by atoms with van der Waals surface area (Å²) in [4.78, 5) is 10.7.